The van der Waals surface area contributed by atoms with Crippen LogP contribution in [0.25, 0.3) is 0 Å². The van der Waals surface area contributed by atoms with E-state index in [1.807, 2.05) is 12.1 Å². The minimum atomic E-state index is 0.570. The number of pyridine rings is 1. The number of nitrogens with one attached hydrogen (secondary N) is 2. The summed E-state index contributed by atoms with van der Waals surface area (Å²) in [6.45, 7) is 3.09. The molecule has 0 amide bonds. The second kappa shape index (κ2) is 8.37. The molecule has 2 N–H and O–H groups in total. The summed E-state index contributed by atoms with van der Waals surface area (Å²) in [4.78, 5) is 4.06. The summed E-state index contributed by atoms with van der Waals surface area (Å²) < 4.78 is 0. The Bertz CT molecular complexity index is 542. The van der Waals surface area contributed by atoms with Crippen LogP contribution in [0.1, 0.15) is 18.9 Å². The predicted molar refractivity (Wildman–Crippen MR) is 92.4 cm³/mol. The lowest BCUT2D eigenvalue weighted by Crippen LogP contribution is -2.33. The van der Waals surface area contributed by atoms with Gasteiger partial charge in [0.05, 0.1) is 11.9 Å². The fourth-order valence-electron chi connectivity index (χ4n) is 2.16. The van der Waals surface area contributed by atoms with Gasteiger partial charge in [0.2, 0.25) is 0 Å². The molecule has 0 aliphatic heterocycles. The van der Waals surface area contributed by atoms with E-state index in [2.05, 4.69) is 52.9 Å². The molecule has 1 aromatic carbocycles. The quantitative estimate of drug-likeness (QED) is 0.799. The lowest BCUT2D eigenvalue weighted by molar-refractivity contribution is 0.498. The Labute approximate surface area is 131 Å². The SMILES string of the molecule is CC[C@H](CNC(=S)Nc1cccnc1)Cc1ccccc1. The Hall–Kier alpha value is -1.94. The van der Waals surface area contributed by atoms with Crippen LogP contribution in [0.2, 0.25) is 0 Å². The molecule has 0 bridgehead atoms. The normalized spacial score (nSPS) is 11.7. The van der Waals surface area contributed by atoms with Gasteiger partial charge in [-0.05, 0) is 42.3 Å². The number of thiocarbonyl (C=S) groups is 1. The Kier molecular flexibility index (Phi) is 6.16. The van der Waals surface area contributed by atoms with Crippen molar-refractivity contribution in [1.82, 2.24) is 10.3 Å². The first-order valence-corrected chi connectivity index (χ1v) is 7.67. The molecule has 0 spiro atoms. The first-order valence-electron chi connectivity index (χ1n) is 7.26. The summed E-state index contributed by atoms with van der Waals surface area (Å²) in [6.07, 6.45) is 5.70. The first-order chi connectivity index (χ1) is 10.3. The van der Waals surface area contributed by atoms with E-state index in [-0.39, 0.29) is 0 Å². The van der Waals surface area contributed by atoms with Crippen LogP contribution in [-0.4, -0.2) is 16.6 Å². The summed E-state index contributed by atoms with van der Waals surface area (Å²) >= 11 is 5.32. The molecule has 0 fully saturated rings. The maximum atomic E-state index is 5.32. The summed E-state index contributed by atoms with van der Waals surface area (Å²) in [5.74, 6) is 0.570. The van der Waals surface area contributed by atoms with E-state index in [0.29, 0.717) is 11.0 Å². The highest BCUT2D eigenvalue weighted by Crippen LogP contribution is 2.11. The zero-order chi connectivity index (χ0) is 14.9. The molecule has 0 saturated heterocycles. The molecule has 110 valence electrons. The number of hydrogen-bond donors (Lipinski definition) is 2. The van der Waals surface area contributed by atoms with Gasteiger partial charge in [-0.25, -0.2) is 0 Å². The van der Waals surface area contributed by atoms with Crippen LogP contribution in [-0.2, 0) is 6.42 Å². The Morgan fingerprint density at radius 2 is 2.00 bits per heavy atom. The van der Waals surface area contributed by atoms with Crippen molar-refractivity contribution in [1.29, 1.82) is 0 Å². The van der Waals surface area contributed by atoms with E-state index >= 15 is 0 Å². The van der Waals surface area contributed by atoms with E-state index in [4.69, 9.17) is 12.2 Å². The van der Waals surface area contributed by atoms with Crippen molar-refractivity contribution in [3.05, 3.63) is 60.4 Å². The molecule has 1 heterocycles. The number of benzene rings is 1. The number of hydrogen-bond acceptors (Lipinski definition) is 2. The molecule has 2 rings (SSSR count). The van der Waals surface area contributed by atoms with Gasteiger partial charge in [-0.15, -0.1) is 0 Å². The fraction of sp³-hybridized carbons (Fsp3) is 0.294. The average Bonchev–Trinajstić information content (AvgIpc) is 2.53. The summed E-state index contributed by atoms with van der Waals surface area (Å²) in [7, 11) is 0. The monoisotopic (exact) mass is 299 g/mol. The molecule has 1 atom stereocenters. The van der Waals surface area contributed by atoms with Gasteiger partial charge < -0.3 is 10.6 Å². The van der Waals surface area contributed by atoms with Crippen LogP contribution in [0.5, 0.6) is 0 Å². The molecular weight excluding hydrogens is 278 g/mol. The molecule has 21 heavy (non-hydrogen) atoms. The van der Waals surface area contributed by atoms with Gasteiger partial charge in [-0.1, -0.05) is 43.7 Å². The van der Waals surface area contributed by atoms with E-state index in [1.165, 1.54) is 5.56 Å². The van der Waals surface area contributed by atoms with Gasteiger partial charge in [0, 0.05) is 12.7 Å². The van der Waals surface area contributed by atoms with E-state index in [9.17, 15) is 0 Å². The minimum absolute atomic E-state index is 0.570. The van der Waals surface area contributed by atoms with E-state index < -0.39 is 0 Å². The second-order valence-corrected chi connectivity index (χ2v) is 5.45. The van der Waals surface area contributed by atoms with Gasteiger partial charge in [0.1, 0.15) is 0 Å². The number of nitrogens with zero attached hydrogens (tertiary/aromatic N) is 1. The molecule has 2 aromatic rings. The van der Waals surface area contributed by atoms with Gasteiger partial charge in [-0.2, -0.15) is 0 Å². The van der Waals surface area contributed by atoms with Gasteiger partial charge in [0.25, 0.3) is 0 Å². The van der Waals surface area contributed by atoms with Gasteiger partial charge in [-0.3, -0.25) is 4.98 Å². The summed E-state index contributed by atoms with van der Waals surface area (Å²) in [5, 5.41) is 7.09. The third kappa shape index (κ3) is 5.52. The average molecular weight is 299 g/mol. The van der Waals surface area contributed by atoms with E-state index in [0.717, 1.165) is 25.1 Å². The second-order valence-electron chi connectivity index (χ2n) is 5.04. The lowest BCUT2D eigenvalue weighted by Gasteiger charge is -2.17. The molecule has 1 aromatic heterocycles. The van der Waals surface area contributed by atoms with Crippen LogP contribution in [0, 0.1) is 5.92 Å². The predicted octanol–water partition coefficient (Wildman–Crippen LogP) is 3.64. The third-order valence-corrected chi connectivity index (χ3v) is 3.66. The zero-order valence-electron chi connectivity index (χ0n) is 12.3. The summed E-state index contributed by atoms with van der Waals surface area (Å²) in [6, 6.07) is 14.4. The molecule has 0 aliphatic carbocycles. The highest BCUT2D eigenvalue weighted by molar-refractivity contribution is 7.80. The number of anilines is 1. The highest BCUT2D eigenvalue weighted by atomic mass is 32.1. The Balaban J connectivity index is 1.79. The number of aromatic nitrogens is 1. The minimum Gasteiger partial charge on any atom is -0.362 e. The zero-order valence-corrected chi connectivity index (χ0v) is 13.1. The van der Waals surface area contributed by atoms with Crippen molar-refractivity contribution >= 4 is 23.0 Å². The molecule has 0 aliphatic rings. The van der Waals surface area contributed by atoms with Crippen LogP contribution < -0.4 is 10.6 Å². The molecule has 4 heteroatoms. The maximum absolute atomic E-state index is 5.32. The fourth-order valence-corrected chi connectivity index (χ4v) is 2.36. The van der Waals surface area contributed by atoms with Gasteiger partial charge >= 0.3 is 0 Å². The van der Waals surface area contributed by atoms with E-state index in [1.54, 1.807) is 12.4 Å². The van der Waals surface area contributed by atoms with Crippen molar-refractivity contribution in [2.75, 3.05) is 11.9 Å². The van der Waals surface area contributed by atoms with Crippen molar-refractivity contribution in [2.24, 2.45) is 5.92 Å². The van der Waals surface area contributed by atoms with Crippen LogP contribution >= 0.6 is 12.2 Å². The maximum Gasteiger partial charge on any atom is 0.170 e. The summed E-state index contributed by atoms with van der Waals surface area (Å²) in [5.41, 5.74) is 2.28. The molecular formula is C17H21N3S. The molecule has 3 nitrogen and oxygen atoms in total. The van der Waals surface area contributed by atoms with Crippen LogP contribution in [0.3, 0.4) is 0 Å². The van der Waals surface area contributed by atoms with Crippen molar-refractivity contribution < 1.29 is 0 Å². The topological polar surface area (TPSA) is 37.0 Å². The highest BCUT2D eigenvalue weighted by Gasteiger charge is 2.08. The first kappa shape index (κ1) is 15.4. The molecule has 0 unspecified atom stereocenters. The third-order valence-electron chi connectivity index (χ3n) is 3.42. The van der Waals surface area contributed by atoms with Crippen molar-refractivity contribution in [3.8, 4) is 0 Å². The molecule has 0 radical (unpaired) electrons. The largest absolute Gasteiger partial charge is 0.362 e. The van der Waals surface area contributed by atoms with Crippen LogP contribution in [0.4, 0.5) is 5.69 Å². The van der Waals surface area contributed by atoms with Crippen molar-refractivity contribution in [3.63, 3.8) is 0 Å². The number of rotatable bonds is 6. The molecule has 0 saturated carbocycles. The van der Waals surface area contributed by atoms with Gasteiger partial charge in [0.15, 0.2) is 5.11 Å². The Morgan fingerprint density at radius 1 is 1.19 bits per heavy atom. The smallest absolute Gasteiger partial charge is 0.170 e. The van der Waals surface area contributed by atoms with Crippen molar-refractivity contribution in [2.45, 2.75) is 19.8 Å². The Morgan fingerprint density at radius 3 is 2.67 bits per heavy atom. The van der Waals surface area contributed by atoms with Crippen LogP contribution in [0.15, 0.2) is 54.9 Å². The lowest BCUT2D eigenvalue weighted by atomic mass is 9.97. The standard InChI is InChI=1S/C17H21N3S/c1-2-14(11-15-7-4-3-5-8-15)12-19-17(21)20-16-9-6-10-18-13-16/h3-10,13-14H,2,11-12H2,1H3,(H2,19,20,21)/t14-/m0/s1.